The van der Waals surface area contributed by atoms with Gasteiger partial charge in [-0.2, -0.15) is 0 Å². The van der Waals surface area contributed by atoms with Gasteiger partial charge in [0.15, 0.2) is 6.79 Å². The average molecular weight is 397 g/mol. The molecule has 0 radical (unpaired) electrons. The van der Waals surface area contributed by atoms with Crippen LogP contribution in [0.4, 0.5) is 11.4 Å². The zero-order valence-corrected chi connectivity index (χ0v) is 16.5. The smallest absolute Gasteiger partial charge is 0.231 e. The van der Waals surface area contributed by atoms with Crippen LogP contribution < -0.4 is 9.64 Å². The maximum absolute atomic E-state index is 9.64. The van der Waals surface area contributed by atoms with Gasteiger partial charge in [-0.1, -0.05) is 31.0 Å². The highest BCUT2D eigenvalue weighted by atomic mass is 32.1. The lowest BCUT2D eigenvalue weighted by atomic mass is 10.2. The van der Waals surface area contributed by atoms with Crippen molar-refractivity contribution in [1.29, 1.82) is 0 Å². The van der Waals surface area contributed by atoms with Gasteiger partial charge in [-0.25, -0.2) is 4.98 Å². The molecule has 1 saturated carbocycles. The Hall–Kier alpha value is -2.57. The van der Waals surface area contributed by atoms with Crippen LogP contribution in [0, 0.1) is 0 Å². The van der Waals surface area contributed by atoms with Crippen molar-refractivity contribution in [3.05, 3.63) is 65.0 Å². The van der Waals surface area contributed by atoms with E-state index in [4.69, 9.17) is 9.47 Å². The number of thiazole rings is 1. The van der Waals surface area contributed by atoms with Crippen molar-refractivity contribution in [2.45, 2.75) is 38.3 Å². The summed E-state index contributed by atoms with van der Waals surface area (Å²) in [4.78, 5) is 7.60. The summed E-state index contributed by atoms with van der Waals surface area (Å²) in [7, 11) is 0. The molecule has 6 heteroatoms. The molecule has 1 aliphatic carbocycles. The molecule has 1 aliphatic rings. The van der Waals surface area contributed by atoms with Crippen LogP contribution in [0.2, 0.25) is 0 Å². The van der Waals surface area contributed by atoms with Gasteiger partial charge in [-0.05, 0) is 49.2 Å². The molecule has 28 heavy (non-hydrogen) atoms. The molecule has 5 nitrogen and oxygen atoms in total. The number of phenolic OH excluding ortho intramolecular Hbond substituents is 1. The molecular weight excluding hydrogens is 372 g/mol. The summed E-state index contributed by atoms with van der Waals surface area (Å²) >= 11 is 1.57. The Bertz CT molecular complexity index is 861. The normalized spacial score (nSPS) is 14.3. The van der Waals surface area contributed by atoms with Gasteiger partial charge in [0.1, 0.15) is 5.75 Å². The molecule has 146 valence electrons. The standard InChI is InChI=1S/C22H24N2O3S/c25-19-12-10-18(11-13-19)24(17-6-2-1-3-7-17)14-21-22(23-15-28-21)27-16-26-20-8-4-5-9-20/h1-3,6-7,10-13,15,20,25H,4-5,8-9,14,16H2. The summed E-state index contributed by atoms with van der Waals surface area (Å²) in [5.41, 5.74) is 3.86. The van der Waals surface area contributed by atoms with E-state index in [1.54, 1.807) is 29.0 Å². The summed E-state index contributed by atoms with van der Waals surface area (Å²) in [5.74, 6) is 0.880. The minimum atomic E-state index is 0.242. The Morgan fingerprint density at radius 2 is 1.71 bits per heavy atom. The first-order chi connectivity index (χ1) is 13.8. The van der Waals surface area contributed by atoms with E-state index in [2.05, 4.69) is 22.0 Å². The lowest BCUT2D eigenvalue weighted by Gasteiger charge is -2.25. The first-order valence-electron chi connectivity index (χ1n) is 9.58. The molecule has 3 aromatic rings. The predicted molar refractivity (Wildman–Crippen MR) is 111 cm³/mol. The van der Waals surface area contributed by atoms with Gasteiger partial charge in [-0.3, -0.25) is 0 Å². The molecule has 0 spiro atoms. The molecule has 0 bridgehead atoms. The van der Waals surface area contributed by atoms with E-state index >= 15 is 0 Å². The quantitative estimate of drug-likeness (QED) is 0.511. The topological polar surface area (TPSA) is 54.8 Å². The van der Waals surface area contributed by atoms with E-state index in [-0.39, 0.29) is 12.5 Å². The van der Waals surface area contributed by atoms with Gasteiger partial charge in [0.05, 0.1) is 23.0 Å². The maximum Gasteiger partial charge on any atom is 0.231 e. The number of hydrogen-bond donors (Lipinski definition) is 1. The van der Waals surface area contributed by atoms with Gasteiger partial charge < -0.3 is 19.5 Å². The second kappa shape index (κ2) is 9.08. The fraction of sp³-hybridized carbons (Fsp3) is 0.318. The molecule has 4 rings (SSSR count). The number of hydrogen-bond acceptors (Lipinski definition) is 6. The van der Waals surface area contributed by atoms with Crippen LogP contribution >= 0.6 is 11.3 Å². The largest absolute Gasteiger partial charge is 0.508 e. The van der Waals surface area contributed by atoms with Crippen molar-refractivity contribution in [1.82, 2.24) is 4.98 Å². The molecule has 1 heterocycles. The van der Waals surface area contributed by atoms with Crippen LogP contribution in [-0.2, 0) is 11.3 Å². The van der Waals surface area contributed by atoms with Crippen LogP contribution in [0.1, 0.15) is 30.6 Å². The van der Waals surface area contributed by atoms with Gasteiger partial charge in [0.2, 0.25) is 5.88 Å². The Kier molecular flexibility index (Phi) is 6.09. The van der Waals surface area contributed by atoms with E-state index < -0.39 is 0 Å². The number of ether oxygens (including phenoxy) is 2. The third kappa shape index (κ3) is 4.64. The van der Waals surface area contributed by atoms with Gasteiger partial charge in [-0.15, -0.1) is 11.3 Å². The SMILES string of the molecule is Oc1ccc(N(Cc2scnc2OCOC2CCCC2)c2ccccc2)cc1. The number of benzene rings is 2. The number of para-hydroxylation sites is 1. The molecule has 2 aromatic carbocycles. The molecule has 0 aliphatic heterocycles. The van der Waals surface area contributed by atoms with Crippen LogP contribution in [0.15, 0.2) is 60.1 Å². The van der Waals surface area contributed by atoms with Gasteiger partial charge in [0.25, 0.3) is 0 Å². The third-order valence-electron chi connectivity index (χ3n) is 4.94. The summed E-state index contributed by atoms with van der Waals surface area (Å²) in [6.07, 6.45) is 5.04. The average Bonchev–Trinajstić information content (AvgIpc) is 3.40. The first-order valence-corrected chi connectivity index (χ1v) is 10.5. The van der Waals surface area contributed by atoms with Gasteiger partial charge >= 0.3 is 0 Å². The minimum Gasteiger partial charge on any atom is -0.508 e. The number of rotatable bonds is 8. The van der Waals surface area contributed by atoms with Crippen LogP contribution in [-0.4, -0.2) is 23.0 Å². The number of phenols is 1. The maximum atomic E-state index is 9.64. The van der Waals surface area contributed by atoms with Crippen molar-refractivity contribution >= 4 is 22.7 Å². The zero-order chi connectivity index (χ0) is 19.2. The van der Waals surface area contributed by atoms with Crippen LogP contribution in [0.25, 0.3) is 0 Å². The van der Waals surface area contributed by atoms with Crippen LogP contribution in [0.3, 0.4) is 0 Å². The Labute approximate surface area is 169 Å². The van der Waals surface area contributed by atoms with Crippen molar-refractivity contribution in [2.24, 2.45) is 0 Å². The Morgan fingerprint density at radius 1 is 1.00 bits per heavy atom. The lowest BCUT2D eigenvalue weighted by molar-refractivity contribution is -0.0344. The predicted octanol–water partition coefficient (Wildman–Crippen LogP) is 5.48. The number of aromatic hydroxyl groups is 1. The second-order valence-electron chi connectivity index (χ2n) is 6.85. The molecule has 1 aromatic heterocycles. The number of aromatic nitrogens is 1. The van der Waals surface area contributed by atoms with Crippen molar-refractivity contribution < 1.29 is 14.6 Å². The van der Waals surface area contributed by atoms with Crippen molar-refractivity contribution in [3.8, 4) is 11.6 Å². The van der Waals surface area contributed by atoms with E-state index in [1.165, 1.54) is 12.8 Å². The Morgan fingerprint density at radius 3 is 2.46 bits per heavy atom. The summed E-state index contributed by atoms with van der Waals surface area (Å²) in [5, 5.41) is 9.64. The molecule has 0 unspecified atom stereocenters. The number of nitrogens with zero attached hydrogens (tertiary/aromatic N) is 2. The summed E-state index contributed by atoms with van der Waals surface area (Å²) in [6, 6.07) is 17.4. The van der Waals surface area contributed by atoms with E-state index in [1.807, 2.05) is 30.3 Å². The molecule has 1 N–H and O–H groups in total. The minimum absolute atomic E-state index is 0.242. The number of anilines is 2. The monoisotopic (exact) mass is 396 g/mol. The molecule has 0 amide bonds. The van der Waals surface area contributed by atoms with Crippen molar-refractivity contribution in [2.75, 3.05) is 11.7 Å². The molecule has 0 atom stereocenters. The highest BCUT2D eigenvalue weighted by molar-refractivity contribution is 7.09. The Balaban J connectivity index is 1.49. The van der Waals surface area contributed by atoms with Crippen LogP contribution in [0.5, 0.6) is 11.6 Å². The van der Waals surface area contributed by atoms with E-state index in [9.17, 15) is 5.11 Å². The first kappa shape index (κ1) is 18.8. The molecule has 0 saturated heterocycles. The highest BCUT2D eigenvalue weighted by Gasteiger charge is 2.18. The van der Waals surface area contributed by atoms with E-state index in [0.717, 1.165) is 29.1 Å². The van der Waals surface area contributed by atoms with E-state index in [0.29, 0.717) is 18.5 Å². The fourth-order valence-electron chi connectivity index (χ4n) is 3.44. The highest BCUT2D eigenvalue weighted by Crippen LogP contribution is 2.32. The third-order valence-corrected chi connectivity index (χ3v) is 5.74. The fourth-order valence-corrected chi connectivity index (χ4v) is 4.13. The summed E-state index contributed by atoms with van der Waals surface area (Å²) in [6.45, 7) is 0.865. The zero-order valence-electron chi connectivity index (χ0n) is 15.7. The second-order valence-corrected chi connectivity index (χ2v) is 7.79. The summed E-state index contributed by atoms with van der Waals surface area (Å²) < 4.78 is 11.7. The van der Waals surface area contributed by atoms with Gasteiger partial charge in [0, 0.05) is 11.4 Å². The lowest BCUT2D eigenvalue weighted by Crippen LogP contribution is -2.17. The molecule has 1 fully saturated rings. The molecular formula is C22H24N2O3S. The van der Waals surface area contributed by atoms with Crippen molar-refractivity contribution in [3.63, 3.8) is 0 Å².